The third kappa shape index (κ3) is 6.59. The van der Waals surface area contributed by atoms with Crippen molar-refractivity contribution in [3.8, 4) is 10.4 Å². The van der Waals surface area contributed by atoms with Gasteiger partial charge in [0.1, 0.15) is 22.7 Å². The number of thiophene rings is 1. The lowest BCUT2D eigenvalue weighted by Crippen LogP contribution is -2.37. The Kier molecular flexibility index (Phi) is 8.44. The van der Waals surface area contributed by atoms with Crippen molar-refractivity contribution in [2.24, 2.45) is 17.4 Å². The van der Waals surface area contributed by atoms with Gasteiger partial charge in [0.15, 0.2) is 0 Å². The summed E-state index contributed by atoms with van der Waals surface area (Å²) in [4.78, 5) is 34.1. The normalized spacial score (nSPS) is 12.3. The summed E-state index contributed by atoms with van der Waals surface area (Å²) in [5, 5.41) is 14.3. The third-order valence-corrected chi connectivity index (χ3v) is 5.45. The number of hydrogen-bond acceptors (Lipinski definition) is 5. The molecule has 1 atom stereocenters. The molecule has 0 aliphatic rings. The molecule has 3 amide bonds. The molecule has 32 heavy (non-hydrogen) atoms. The van der Waals surface area contributed by atoms with Gasteiger partial charge in [-0.25, -0.2) is 13.6 Å². The van der Waals surface area contributed by atoms with E-state index in [4.69, 9.17) is 11.5 Å². The van der Waals surface area contributed by atoms with Crippen molar-refractivity contribution >= 4 is 40.3 Å². The molecule has 8 nitrogen and oxygen atoms in total. The number of carbonyl (C=O) groups excluding carboxylic acids is 2. The molecule has 11 heteroatoms. The maximum absolute atomic E-state index is 14.7. The lowest BCUT2D eigenvalue weighted by molar-refractivity contribution is -0.139. The Labute approximate surface area is 187 Å². The van der Waals surface area contributed by atoms with Crippen molar-refractivity contribution in [1.29, 1.82) is 0 Å². The van der Waals surface area contributed by atoms with E-state index in [1.165, 1.54) is 18.2 Å². The van der Waals surface area contributed by atoms with Crippen LogP contribution in [0.3, 0.4) is 0 Å². The second kappa shape index (κ2) is 10.8. The van der Waals surface area contributed by atoms with Crippen LogP contribution >= 0.6 is 11.3 Å². The standard InChI is InChI=1S/C21H24F2N4O4S/c1-10(2)6-16(20(29)30)26-5-3-4-11-7-15(23)12(8-14(11)22)17-9-13(18(24)28)19(32-17)27-21(25)31/h3-4,7-10,16,26H,5-6H2,1-2H3,(H2,24,28)(H,29,30)(H3,25,27,31)/t16-/m0/s1. The quantitative estimate of drug-likeness (QED) is 0.364. The second-order valence-electron chi connectivity index (χ2n) is 7.39. The number of carboxylic acids is 1. The van der Waals surface area contributed by atoms with E-state index in [9.17, 15) is 28.3 Å². The smallest absolute Gasteiger partial charge is 0.320 e. The van der Waals surface area contributed by atoms with E-state index in [1.54, 1.807) is 0 Å². The molecular weight excluding hydrogens is 442 g/mol. The van der Waals surface area contributed by atoms with Gasteiger partial charge in [0, 0.05) is 22.5 Å². The minimum Gasteiger partial charge on any atom is -0.480 e. The molecule has 1 heterocycles. The van der Waals surface area contributed by atoms with Crippen LogP contribution in [0.5, 0.6) is 0 Å². The Balaban J connectivity index is 2.22. The van der Waals surface area contributed by atoms with Crippen LogP contribution in [0.1, 0.15) is 36.2 Å². The number of primary amides is 2. The van der Waals surface area contributed by atoms with Crippen molar-refractivity contribution in [3.63, 3.8) is 0 Å². The zero-order valence-electron chi connectivity index (χ0n) is 17.4. The summed E-state index contributed by atoms with van der Waals surface area (Å²) in [7, 11) is 0. The monoisotopic (exact) mass is 466 g/mol. The molecule has 7 N–H and O–H groups in total. The van der Waals surface area contributed by atoms with Gasteiger partial charge < -0.3 is 21.9 Å². The average Bonchev–Trinajstić information content (AvgIpc) is 3.09. The highest BCUT2D eigenvalue weighted by Crippen LogP contribution is 2.37. The third-order valence-electron chi connectivity index (χ3n) is 4.37. The van der Waals surface area contributed by atoms with Crippen molar-refractivity contribution in [2.45, 2.75) is 26.3 Å². The number of benzene rings is 1. The molecular formula is C21H24F2N4O4S. The topological polar surface area (TPSA) is 148 Å². The lowest BCUT2D eigenvalue weighted by atomic mass is 10.0. The number of carbonyl (C=O) groups is 3. The number of nitrogens with one attached hydrogen (secondary N) is 2. The minimum atomic E-state index is -0.981. The zero-order valence-corrected chi connectivity index (χ0v) is 18.3. The Morgan fingerprint density at radius 2 is 1.84 bits per heavy atom. The molecule has 0 spiro atoms. The number of nitrogens with two attached hydrogens (primary N) is 2. The summed E-state index contributed by atoms with van der Waals surface area (Å²) in [6.45, 7) is 3.96. The fourth-order valence-electron chi connectivity index (χ4n) is 2.93. The summed E-state index contributed by atoms with van der Waals surface area (Å²) >= 11 is 0.827. The summed E-state index contributed by atoms with van der Waals surface area (Å²) in [5.74, 6) is -3.15. The number of aliphatic carboxylic acids is 1. The van der Waals surface area contributed by atoms with Crippen LogP contribution in [0.4, 0.5) is 18.6 Å². The molecule has 0 unspecified atom stereocenters. The molecule has 1 aromatic carbocycles. The molecule has 0 bridgehead atoms. The number of amides is 3. The molecule has 2 aromatic rings. The summed E-state index contributed by atoms with van der Waals surface area (Å²) in [6.07, 6.45) is 3.27. The fraction of sp³-hybridized carbons (Fsp3) is 0.286. The van der Waals surface area contributed by atoms with E-state index >= 15 is 0 Å². The van der Waals surface area contributed by atoms with Gasteiger partial charge in [0.2, 0.25) is 0 Å². The molecule has 0 saturated heterocycles. The van der Waals surface area contributed by atoms with Crippen molar-refractivity contribution in [1.82, 2.24) is 5.32 Å². The van der Waals surface area contributed by atoms with E-state index in [2.05, 4.69) is 10.6 Å². The molecule has 0 aliphatic carbocycles. The summed E-state index contributed by atoms with van der Waals surface area (Å²) < 4.78 is 29.3. The molecule has 0 saturated carbocycles. The van der Waals surface area contributed by atoms with Gasteiger partial charge in [-0.05, 0) is 30.5 Å². The van der Waals surface area contributed by atoms with Gasteiger partial charge in [0.05, 0.1) is 5.56 Å². The van der Waals surface area contributed by atoms with E-state index in [0.29, 0.717) is 6.42 Å². The first-order valence-corrected chi connectivity index (χ1v) is 10.4. The van der Waals surface area contributed by atoms with Crippen LogP contribution < -0.4 is 22.1 Å². The largest absolute Gasteiger partial charge is 0.480 e. The van der Waals surface area contributed by atoms with E-state index in [1.807, 2.05) is 13.8 Å². The number of halogens is 2. The molecule has 2 rings (SSSR count). The Bertz CT molecular complexity index is 1050. The maximum Gasteiger partial charge on any atom is 0.320 e. The summed E-state index contributed by atoms with van der Waals surface area (Å²) in [5.41, 5.74) is 10.1. The van der Waals surface area contributed by atoms with Crippen LogP contribution in [0.15, 0.2) is 24.3 Å². The maximum atomic E-state index is 14.7. The predicted octanol–water partition coefficient (Wildman–Crippen LogP) is 3.38. The number of hydrogen-bond donors (Lipinski definition) is 5. The van der Waals surface area contributed by atoms with Gasteiger partial charge in [-0.2, -0.15) is 0 Å². The van der Waals surface area contributed by atoms with Gasteiger partial charge in [-0.15, -0.1) is 11.3 Å². The van der Waals surface area contributed by atoms with Gasteiger partial charge in [-0.1, -0.05) is 26.0 Å². The van der Waals surface area contributed by atoms with Crippen LogP contribution in [-0.4, -0.2) is 35.6 Å². The number of urea groups is 1. The summed E-state index contributed by atoms with van der Waals surface area (Å²) in [6, 6.07) is 1.52. The predicted molar refractivity (Wildman–Crippen MR) is 119 cm³/mol. The Hall–Kier alpha value is -3.31. The fourth-order valence-corrected chi connectivity index (χ4v) is 4.01. The van der Waals surface area contributed by atoms with Crippen molar-refractivity contribution < 1.29 is 28.3 Å². The number of carboxylic acid groups (broad SMARTS) is 1. The van der Waals surface area contributed by atoms with Gasteiger partial charge in [-0.3, -0.25) is 14.9 Å². The van der Waals surface area contributed by atoms with Crippen LogP contribution in [0.2, 0.25) is 0 Å². The molecule has 172 valence electrons. The van der Waals surface area contributed by atoms with Crippen LogP contribution in [0, 0.1) is 17.6 Å². The first-order chi connectivity index (χ1) is 15.0. The molecule has 0 fully saturated rings. The van der Waals surface area contributed by atoms with E-state index in [0.717, 1.165) is 23.5 Å². The number of rotatable bonds is 10. The highest BCUT2D eigenvalue weighted by Gasteiger charge is 2.20. The Morgan fingerprint density at radius 3 is 2.41 bits per heavy atom. The molecule has 0 aliphatic heterocycles. The Morgan fingerprint density at radius 1 is 1.16 bits per heavy atom. The average molecular weight is 467 g/mol. The minimum absolute atomic E-state index is 0.0317. The number of anilines is 1. The highest BCUT2D eigenvalue weighted by atomic mass is 32.1. The van der Waals surface area contributed by atoms with Crippen LogP contribution in [-0.2, 0) is 4.79 Å². The van der Waals surface area contributed by atoms with Crippen molar-refractivity contribution in [3.05, 3.63) is 47.0 Å². The second-order valence-corrected chi connectivity index (χ2v) is 8.44. The van der Waals surface area contributed by atoms with Gasteiger partial charge >= 0.3 is 12.0 Å². The van der Waals surface area contributed by atoms with Gasteiger partial charge in [0.25, 0.3) is 5.91 Å². The molecule has 0 radical (unpaired) electrons. The van der Waals surface area contributed by atoms with Crippen molar-refractivity contribution in [2.75, 3.05) is 11.9 Å². The first-order valence-electron chi connectivity index (χ1n) is 9.61. The first kappa shape index (κ1) is 25.0. The zero-order chi connectivity index (χ0) is 24.0. The van der Waals surface area contributed by atoms with E-state index < -0.39 is 35.6 Å². The molecule has 1 aromatic heterocycles. The van der Waals surface area contributed by atoms with E-state index in [-0.39, 0.29) is 39.0 Å². The van der Waals surface area contributed by atoms with Crippen LogP contribution in [0.25, 0.3) is 16.5 Å². The SMILES string of the molecule is CC(C)C[C@H](NCC=Cc1cc(F)c(-c2cc(C(N)=O)c(NC(N)=O)s2)cc1F)C(=O)O. The highest BCUT2D eigenvalue weighted by molar-refractivity contribution is 7.20. The lowest BCUT2D eigenvalue weighted by Gasteiger charge is -2.15.